The molecule has 0 saturated carbocycles. The van der Waals surface area contributed by atoms with E-state index in [1.54, 1.807) is 6.08 Å². The van der Waals surface area contributed by atoms with E-state index in [1.807, 2.05) is 6.07 Å². The van der Waals surface area contributed by atoms with Gasteiger partial charge in [0, 0.05) is 42.2 Å². The lowest BCUT2D eigenvalue weighted by Crippen LogP contribution is -2.45. The van der Waals surface area contributed by atoms with Gasteiger partial charge in [0.2, 0.25) is 0 Å². The molecule has 0 unspecified atom stereocenters. The number of nitrogens with zero attached hydrogens (tertiary/aromatic N) is 3. The number of fused-ring (bicyclic) bond motifs is 4. The first kappa shape index (κ1) is 28.8. The van der Waals surface area contributed by atoms with Crippen LogP contribution in [0.15, 0.2) is 35.9 Å². The fourth-order valence-electron chi connectivity index (χ4n) is 7.72. The number of halogens is 4. The van der Waals surface area contributed by atoms with Gasteiger partial charge < -0.3 is 25.4 Å². The Bertz CT molecular complexity index is 1860. The number of alkyl halides is 1. The standard InChI is InChI=1S/C32H30ClF3N6O2S/c33-25-23(18-5-6-20(35)29-22(18)19(12-37)30(38)45-29)26(36)28-24-27(25)39-15-40-31(24)42-9-2-1-4-17(42)10-21(44-28)43-14-32-7-3-8-41(32)13-16(34)11-32/h4-6,10,16,31,39-40H,1-3,7-9,11,13-15,38H2/t16-,31-,32+/m1/s1. The predicted molar refractivity (Wildman–Crippen MR) is 167 cm³/mol. The van der Waals surface area contributed by atoms with Crippen molar-refractivity contribution in [3.63, 3.8) is 0 Å². The van der Waals surface area contributed by atoms with Gasteiger partial charge >= 0.3 is 0 Å². The van der Waals surface area contributed by atoms with Crippen LogP contribution in [0.5, 0.6) is 5.75 Å². The fourth-order valence-corrected chi connectivity index (χ4v) is 9.02. The van der Waals surface area contributed by atoms with Gasteiger partial charge in [0.25, 0.3) is 5.95 Å². The van der Waals surface area contributed by atoms with Gasteiger partial charge in [-0.15, -0.1) is 11.3 Å². The summed E-state index contributed by atoms with van der Waals surface area (Å²) in [6.07, 6.45) is 6.41. The van der Waals surface area contributed by atoms with Crippen LogP contribution in [0.3, 0.4) is 0 Å². The number of nitrogen functional groups attached to an aromatic ring is 1. The molecule has 8 rings (SSSR count). The minimum Gasteiger partial charge on any atom is -0.463 e. The molecule has 1 aromatic heterocycles. The zero-order valence-electron chi connectivity index (χ0n) is 24.2. The number of thiophene rings is 1. The number of benzene rings is 2. The summed E-state index contributed by atoms with van der Waals surface area (Å²) >= 11 is 7.97. The van der Waals surface area contributed by atoms with Crippen LogP contribution in [0.25, 0.3) is 21.2 Å². The maximum atomic E-state index is 17.2. The Morgan fingerprint density at radius 3 is 2.98 bits per heavy atom. The number of nitriles is 1. The van der Waals surface area contributed by atoms with Crippen LogP contribution in [0, 0.1) is 23.0 Å². The first-order valence-electron chi connectivity index (χ1n) is 15.1. The van der Waals surface area contributed by atoms with Crippen molar-refractivity contribution in [3.05, 3.63) is 63.7 Å². The van der Waals surface area contributed by atoms with Gasteiger partial charge in [0.05, 0.1) is 38.7 Å². The van der Waals surface area contributed by atoms with Gasteiger partial charge in [0.1, 0.15) is 35.8 Å². The van der Waals surface area contributed by atoms with E-state index < -0.39 is 29.5 Å². The molecule has 0 amide bonds. The smallest absolute Gasteiger partial charge is 0.286 e. The molecule has 45 heavy (non-hydrogen) atoms. The monoisotopic (exact) mass is 654 g/mol. The van der Waals surface area contributed by atoms with Crippen LogP contribution >= 0.6 is 22.9 Å². The van der Waals surface area contributed by atoms with Crippen molar-refractivity contribution in [1.29, 1.82) is 5.26 Å². The summed E-state index contributed by atoms with van der Waals surface area (Å²) in [5, 5.41) is 17.0. The van der Waals surface area contributed by atoms with E-state index in [2.05, 4.69) is 26.5 Å². The molecule has 2 saturated heterocycles. The Kier molecular flexibility index (Phi) is 6.87. The topological polar surface area (TPSA) is 98.8 Å². The largest absolute Gasteiger partial charge is 0.463 e. The van der Waals surface area contributed by atoms with Crippen molar-refractivity contribution in [2.45, 2.75) is 50.0 Å². The summed E-state index contributed by atoms with van der Waals surface area (Å²) in [5.74, 6) is -1.35. The molecule has 2 aromatic carbocycles. The van der Waals surface area contributed by atoms with Gasteiger partial charge in [0.15, 0.2) is 11.6 Å². The lowest BCUT2D eigenvalue weighted by Gasteiger charge is -2.43. The van der Waals surface area contributed by atoms with E-state index in [0.717, 1.165) is 49.3 Å². The Hall–Kier alpha value is -3.63. The SMILES string of the molecule is N#Cc1c(N)sc2c(F)ccc(-c3c(F)c4c5c(c3Cl)NCN[C@@H]5N3CCCC=C3C=C(OC[C@@]35CCCN3C[C@H](F)C5)O4)c12. The minimum atomic E-state index is -0.921. The van der Waals surface area contributed by atoms with E-state index >= 15 is 4.39 Å². The van der Waals surface area contributed by atoms with Crippen molar-refractivity contribution >= 4 is 43.7 Å². The highest BCUT2D eigenvalue weighted by Gasteiger charge is 2.49. The van der Waals surface area contributed by atoms with E-state index in [1.165, 1.54) is 12.1 Å². The predicted octanol–water partition coefficient (Wildman–Crippen LogP) is 6.73. The second-order valence-electron chi connectivity index (χ2n) is 12.2. The third-order valence-corrected chi connectivity index (χ3v) is 11.1. The molecule has 0 aliphatic carbocycles. The summed E-state index contributed by atoms with van der Waals surface area (Å²) < 4.78 is 59.5. The summed E-state index contributed by atoms with van der Waals surface area (Å²) in [4.78, 5) is 4.30. The number of hydrogen-bond acceptors (Lipinski definition) is 9. The lowest BCUT2D eigenvalue weighted by atomic mass is 9.93. The van der Waals surface area contributed by atoms with Crippen LogP contribution in [0.1, 0.15) is 49.4 Å². The first-order chi connectivity index (χ1) is 21.8. The number of rotatable bonds is 4. The minimum absolute atomic E-state index is 0.0381. The molecule has 6 heterocycles. The lowest BCUT2D eigenvalue weighted by molar-refractivity contribution is 0.0250. The molecule has 13 heteroatoms. The molecular formula is C32H30ClF3N6O2S. The number of hydrogen-bond donors (Lipinski definition) is 3. The number of anilines is 2. The number of allylic oxidation sites excluding steroid dienone is 2. The molecule has 3 atom stereocenters. The molecule has 0 spiro atoms. The third-order valence-electron chi connectivity index (χ3n) is 9.72. The summed E-state index contributed by atoms with van der Waals surface area (Å²) in [5.41, 5.74) is 7.72. The second kappa shape index (κ2) is 10.7. The quantitative estimate of drug-likeness (QED) is 0.285. The zero-order valence-corrected chi connectivity index (χ0v) is 25.8. The average Bonchev–Trinajstić information content (AvgIpc) is 3.67. The van der Waals surface area contributed by atoms with Crippen molar-refractivity contribution < 1.29 is 22.6 Å². The highest BCUT2D eigenvalue weighted by Crippen LogP contribution is 2.53. The van der Waals surface area contributed by atoms with Gasteiger partial charge in [-0.3, -0.25) is 10.2 Å². The highest BCUT2D eigenvalue weighted by molar-refractivity contribution is 7.23. The summed E-state index contributed by atoms with van der Waals surface area (Å²) in [6.45, 7) is 2.44. The molecule has 0 radical (unpaired) electrons. The Morgan fingerprint density at radius 1 is 1.27 bits per heavy atom. The molecule has 2 fully saturated rings. The first-order valence-corrected chi connectivity index (χ1v) is 16.3. The summed E-state index contributed by atoms with van der Waals surface area (Å²) in [6, 6.07) is 4.68. The van der Waals surface area contributed by atoms with Crippen LogP contribution in [-0.2, 0) is 4.74 Å². The zero-order chi connectivity index (χ0) is 31.0. The van der Waals surface area contributed by atoms with Crippen molar-refractivity contribution in [3.8, 4) is 22.9 Å². The molecular weight excluding hydrogens is 625 g/mol. The van der Waals surface area contributed by atoms with Gasteiger partial charge in [-0.05, 0) is 43.9 Å². The van der Waals surface area contributed by atoms with Crippen molar-refractivity contribution in [2.24, 2.45) is 0 Å². The van der Waals surface area contributed by atoms with Gasteiger partial charge in [-0.1, -0.05) is 23.7 Å². The second-order valence-corrected chi connectivity index (χ2v) is 13.7. The van der Waals surface area contributed by atoms with Crippen LogP contribution in [0.2, 0.25) is 5.02 Å². The molecule has 5 aliphatic heterocycles. The van der Waals surface area contributed by atoms with Crippen LogP contribution in [-0.4, -0.2) is 54.4 Å². The van der Waals surface area contributed by atoms with E-state index in [9.17, 15) is 14.0 Å². The van der Waals surface area contributed by atoms with Gasteiger partial charge in [-0.25, -0.2) is 13.2 Å². The Morgan fingerprint density at radius 2 is 2.13 bits per heavy atom. The third kappa shape index (κ3) is 4.39. The molecule has 4 N–H and O–H groups in total. The summed E-state index contributed by atoms with van der Waals surface area (Å²) in [7, 11) is 0. The normalized spacial score (nSPS) is 25.6. The van der Waals surface area contributed by atoms with Crippen molar-refractivity contribution in [1.82, 2.24) is 15.1 Å². The average molecular weight is 655 g/mol. The van der Waals surface area contributed by atoms with Gasteiger partial charge in [-0.2, -0.15) is 5.26 Å². The van der Waals surface area contributed by atoms with E-state index in [-0.39, 0.29) is 55.1 Å². The Labute approximate surface area is 266 Å². The molecule has 5 aliphatic rings. The number of nitrogens with one attached hydrogen (secondary N) is 2. The van der Waals surface area contributed by atoms with Crippen LogP contribution in [0.4, 0.5) is 23.9 Å². The molecule has 0 bridgehead atoms. The number of nitrogens with two attached hydrogens (primary N) is 1. The molecule has 8 nitrogen and oxygen atoms in total. The fraction of sp³-hybridized carbons (Fsp3) is 0.406. The highest BCUT2D eigenvalue weighted by atomic mass is 35.5. The maximum Gasteiger partial charge on any atom is 0.286 e. The van der Waals surface area contributed by atoms with Crippen LogP contribution < -0.4 is 21.1 Å². The Balaban J connectivity index is 1.30. The van der Waals surface area contributed by atoms with E-state index in [4.69, 9.17) is 26.8 Å². The van der Waals surface area contributed by atoms with E-state index in [0.29, 0.717) is 37.4 Å². The molecule has 3 aromatic rings. The van der Waals surface area contributed by atoms with Crippen molar-refractivity contribution in [2.75, 3.05) is 44.0 Å². The molecule has 234 valence electrons. The maximum absolute atomic E-state index is 17.2. The number of ether oxygens (including phenoxy) is 2.